The fourth-order valence-electron chi connectivity index (χ4n) is 3.00. The first-order valence-corrected chi connectivity index (χ1v) is 8.32. The van der Waals surface area contributed by atoms with Crippen LogP contribution in [0.1, 0.15) is 15.9 Å². The summed E-state index contributed by atoms with van der Waals surface area (Å²) < 4.78 is 1.85. The van der Waals surface area contributed by atoms with Gasteiger partial charge in [0.2, 0.25) is 0 Å². The zero-order chi connectivity index (χ0) is 18.0. The van der Waals surface area contributed by atoms with Crippen LogP contribution in [0, 0.1) is 6.92 Å². The molecule has 3 rings (SSSR count). The van der Waals surface area contributed by atoms with Crippen molar-refractivity contribution in [3.8, 4) is 5.69 Å². The number of piperazine rings is 1. The lowest BCUT2D eigenvalue weighted by molar-refractivity contribution is 0.0650. The zero-order valence-electron chi connectivity index (χ0n) is 14.8. The van der Waals surface area contributed by atoms with Crippen molar-refractivity contribution in [2.45, 2.75) is 6.92 Å². The highest BCUT2D eigenvalue weighted by Gasteiger charge is 2.27. The lowest BCUT2D eigenvalue weighted by atomic mass is 10.1. The van der Waals surface area contributed by atoms with Crippen LogP contribution in [0.3, 0.4) is 0 Å². The summed E-state index contributed by atoms with van der Waals surface area (Å²) in [5, 5.41) is 0. The Labute approximate surface area is 147 Å². The van der Waals surface area contributed by atoms with Gasteiger partial charge in [0.1, 0.15) is 0 Å². The molecule has 0 N–H and O–H groups in total. The maximum atomic E-state index is 13.1. The summed E-state index contributed by atoms with van der Waals surface area (Å²) in [5.41, 5.74) is 2.51. The van der Waals surface area contributed by atoms with E-state index in [2.05, 4.69) is 4.98 Å². The number of nitrogens with zero attached hydrogens (tertiary/aromatic N) is 5. The molecule has 0 saturated carbocycles. The molecule has 7 nitrogen and oxygen atoms in total. The molecule has 0 spiro atoms. The van der Waals surface area contributed by atoms with E-state index in [4.69, 9.17) is 0 Å². The molecule has 7 heteroatoms. The second-order valence-corrected chi connectivity index (χ2v) is 6.45. The molecule has 2 heterocycles. The van der Waals surface area contributed by atoms with Crippen LogP contribution in [0.25, 0.3) is 5.69 Å². The van der Waals surface area contributed by atoms with Gasteiger partial charge >= 0.3 is 6.03 Å². The highest BCUT2D eigenvalue weighted by Crippen LogP contribution is 2.19. The molecule has 1 fully saturated rings. The molecular weight excluding hydrogens is 318 g/mol. The van der Waals surface area contributed by atoms with Gasteiger partial charge in [-0.05, 0) is 19.1 Å². The summed E-state index contributed by atoms with van der Waals surface area (Å²) in [6, 6.07) is 5.83. The topological polar surface area (TPSA) is 61.7 Å². The van der Waals surface area contributed by atoms with Crippen molar-refractivity contribution in [2.24, 2.45) is 0 Å². The second-order valence-electron chi connectivity index (χ2n) is 6.45. The van der Waals surface area contributed by atoms with Gasteiger partial charge in [-0.15, -0.1) is 0 Å². The number of urea groups is 1. The molecule has 0 atom stereocenters. The molecule has 1 aromatic carbocycles. The van der Waals surface area contributed by atoms with E-state index >= 15 is 0 Å². The molecule has 1 aromatic heterocycles. The Bertz CT molecular complexity index is 762. The summed E-state index contributed by atoms with van der Waals surface area (Å²) in [6.07, 6.45) is 5.21. The van der Waals surface area contributed by atoms with E-state index in [0.29, 0.717) is 31.7 Å². The van der Waals surface area contributed by atoms with Gasteiger partial charge in [-0.25, -0.2) is 9.78 Å². The van der Waals surface area contributed by atoms with E-state index in [1.165, 1.54) is 0 Å². The Kier molecular flexibility index (Phi) is 4.74. The van der Waals surface area contributed by atoms with Gasteiger partial charge in [-0.2, -0.15) is 0 Å². The molecule has 1 saturated heterocycles. The summed E-state index contributed by atoms with van der Waals surface area (Å²) in [4.78, 5) is 34.3. The Morgan fingerprint density at radius 2 is 1.76 bits per heavy atom. The normalized spacial score (nSPS) is 14.5. The average Bonchev–Trinajstić information content (AvgIpc) is 3.15. The van der Waals surface area contributed by atoms with Crippen LogP contribution in [0.2, 0.25) is 0 Å². The number of carbonyl (C=O) groups is 2. The molecule has 0 unspecified atom stereocenters. The van der Waals surface area contributed by atoms with Crippen LogP contribution in [-0.4, -0.2) is 76.5 Å². The first kappa shape index (κ1) is 17.0. The molecule has 0 radical (unpaired) electrons. The lowest BCUT2D eigenvalue weighted by Gasteiger charge is -2.36. The largest absolute Gasteiger partial charge is 0.335 e. The number of amides is 3. The van der Waals surface area contributed by atoms with Crippen molar-refractivity contribution in [1.82, 2.24) is 24.3 Å². The van der Waals surface area contributed by atoms with Crippen molar-refractivity contribution in [2.75, 3.05) is 40.3 Å². The summed E-state index contributed by atoms with van der Waals surface area (Å²) in [5.74, 6) is -0.00986. The molecule has 0 aliphatic carbocycles. The number of hydrogen-bond donors (Lipinski definition) is 0. The number of aryl methyl sites for hydroxylation is 1. The number of hydrogen-bond acceptors (Lipinski definition) is 3. The number of aromatic nitrogens is 2. The number of benzene rings is 1. The maximum Gasteiger partial charge on any atom is 0.319 e. The van der Waals surface area contributed by atoms with Crippen molar-refractivity contribution in [1.29, 1.82) is 0 Å². The Morgan fingerprint density at radius 1 is 1.08 bits per heavy atom. The van der Waals surface area contributed by atoms with E-state index in [-0.39, 0.29) is 11.9 Å². The van der Waals surface area contributed by atoms with Crippen LogP contribution >= 0.6 is 0 Å². The van der Waals surface area contributed by atoms with Gasteiger partial charge in [0.25, 0.3) is 5.91 Å². The minimum absolute atomic E-state index is 0.00986. The van der Waals surface area contributed by atoms with Crippen molar-refractivity contribution in [3.63, 3.8) is 0 Å². The molecule has 132 valence electrons. The van der Waals surface area contributed by atoms with Crippen molar-refractivity contribution in [3.05, 3.63) is 48.0 Å². The van der Waals surface area contributed by atoms with Crippen molar-refractivity contribution < 1.29 is 9.59 Å². The highest BCUT2D eigenvalue weighted by atomic mass is 16.2. The smallest absolute Gasteiger partial charge is 0.319 e. The van der Waals surface area contributed by atoms with Crippen LogP contribution < -0.4 is 0 Å². The molecule has 3 amide bonds. The van der Waals surface area contributed by atoms with E-state index < -0.39 is 0 Å². The van der Waals surface area contributed by atoms with Gasteiger partial charge in [0.15, 0.2) is 0 Å². The van der Waals surface area contributed by atoms with Crippen LogP contribution in [0.5, 0.6) is 0 Å². The molecule has 0 bridgehead atoms. The van der Waals surface area contributed by atoms with E-state index in [0.717, 1.165) is 11.3 Å². The SMILES string of the molecule is Cc1ccc(-n2ccnc2)c(C(=O)N2CCN(C(=O)N(C)C)CC2)c1. The van der Waals surface area contributed by atoms with Gasteiger partial charge in [0, 0.05) is 52.7 Å². The summed E-state index contributed by atoms with van der Waals surface area (Å²) >= 11 is 0. The van der Waals surface area contributed by atoms with Gasteiger partial charge in [0.05, 0.1) is 17.6 Å². The Hall–Kier alpha value is -2.83. The van der Waals surface area contributed by atoms with Gasteiger partial charge in [-0.3, -0.25) is 4.79 Å². The third-order valence-electron chi connectivity index (χ3n) is 4.39. The number of rotatable bonds is 2. The Balaban J connectivity index is 1.79. The standard InChI is InChI=1S/C18H23N5O2/c1-14-4-5-16(23-7-6-19-13-23)15(12-14)17(24)21-8-10-22(11-9-21)18(25)20(2)3/h4-7,12-13H,8-11H2,1-3H3. The van der Waals surface area contributed by atoms with Crippen LogP contribution in [0.4, 0.5) is 4.79 Å². The predicted molar refractivity (Wildman–Crippen MR) is 94.9 cm³/mol. The first-order chi connectivity index (χ1) is 12.0. The maximum absolute atomic E-state index is 13.1. The molecule has 1 aliphatic rings. The Morgan fingerprint density at radius 3 is 2.36 bits per heavy atom. The van der Waals surface area contributed by atoms with Crippen LogP contribution in [-0.2, 0) is 0 Å². The van der Waals surface area contributed by atoms with E-state index in [1.54, 1.807) is 36.4 Å². The molecule has 25 heavy (non-hydrogen) atoms. The summed E-state index contributed by atoms with van der Waals surface area (Å²) in [7, 11) is 3.48. The number of imidazole rings is 1. The average molecular weight is 341 g/mol. The third-order valence-corrected chi connectivity index (χ3v) is 4.39. The van der Waals surface area contributed by atoms with Crippen molar-refractivity contribution >= 4 is 11.9 Å². The van der Waals surface area contributed by atoms with Crippen LogP contribution in [0.15, 0.2) is 36.9 Å². The fourth-order valence-corrected chi connectivity index (χ4v) is 3.00. The second kappa shape index (κ2) is 6.96. The fraction of sp³-hybridized carbons (Fsp3) is 0.389. The number of carbonyl (C=O) groups excluding carboxylic acids is 2. The quantitative estimate of drug-likeness (QED) is 0.834. The van der Waals surface area contributed by atoms with E-state index in [9.17, 15) is 9.59 Å². The minimum atomic E-state index is -0.0123. The zero-order valence-corrected chi connectivity index (χ0v) is 14.8. The predicted octanol–water partition coefficient (Wildman–Crippen LogP) is 1.62. The first-order valence-electron chi connectivity index (χ1n) is 8.32. The van der Waals surface area contributed by atoms with E-state index in [1.807, 2.05) is 40.8 Å². The van der Waals surface area contributed by atoms with Gasteiger partial charge in [-0.1, -0.05) is 11.6 Å². The molecule has 1 aliphatic heterocycles. The highest BCUT2D eigenvalue weighted by molar-refractivity contribution is 5.98. The third kappa shape index (κ3) is 3.50. The molecule has 2 aromatic rings. The monoisotopic (exact) mass is 341 g/mol. The van der Waals surface area contributed by atoms with Gasteiger partial charge < -0.3 is 19.3 Å². The summed E-state index contributed by atoms with van der Waals surface area (Å²) in [6.45, 7) is 4.15. The minimum Gasteiger partial charge on any atom is -0.335 e. The molecular formula is C18H23N5O2. The lowest BCUT2D eigenvalue weighted by Crippen LogP contribution is -2.53.